The third-order valence-corrected chi connectivity index (χ3v) is 3.35. The quantitative estimate of drug-likeness (QED) is 0.773. The predicted molar refractivity (Wildman–Crippen MR) is 84.0 cm³/mol. The van der Waals surface area contributed by atoms with Crippen molar-refractivity contribution < 1.29 is 4.79 Å². The average molecular weight is 277 g/mol. The first-order valence-corrected chi connectivity index (χ1v) is 6.71. The third-order valence-electron chi connectivity index (χ3n) is 3.35. The van der Waals surface area contributed by atoms with E-state index in [1.807, 2.05) is 42.5 Å². The van der Waals surface area contributed by atoms with E-state index >= 15 is 0 Å². The number of nitrogens with one attached hydrogen (secondary N) is 1. The molecule has 1 amide bonds. The minimum absolute atomic E-state index is 0.144. The Balaban J connectivity index is 1.93. The summed E-state index contributed by atoms with van der Waals surface area (Å²) in [6.07, 6.45) is 3.49. The predicted octanol–water partition coefficient (Wildman–Crippen LogP) is 2.95. The number of anilines is 1. The van der Waals surface area contributed by atoms with Gasteiger partial charge in [-0.1, -0.05) is 24.3 Å². The van der Waals surface area contributed by atoms with Crippen molar-refractivity contribution >= 4 is 22.4 Å². The molecule has 3 N–H and O–H groups in total. The lowest BCUT2D eigenvalue weighted by atomic mass is 10.1. The summed E-state index contributed by atoms with van der Waals surface area (Å²) in [5.74, 6) is -0.144. The van der Waals surface area contributed by atoms with E-state index in [1.165, 1.54) is 0 Å². The number of hydrogen-bond donors (Lipinski definition) is 2. The molecule has 0 aliphatic carbocycles. The summed E-state index contributed by atoms with van der Waals surface area (Å²) in [5, 5.41) is 4.91. The van der Waals surface area contributed by atoms with Gasteiger partial charge in [0.25, 0.3) is 5.91 Å². The van der Waals surface area contributed by atoms with Crippen LogP contribution in [0.15, 0.2) is 60.9 Å². The van der Waals surface area contributed by atoms with Crippen LogP contribution in [0.1, 0.15) is 15.9 Å². The number of hydrogen-bond acceptors (Lipinski definition) is 3. The van der Waals surface area contributed by atoms with E-state index in [1.54, 1.807) is 18.5 Å². The highest BCUT2D eigenvalue weighted by Gasteiger charge is 2.08. The molecular formula is C17H15N3O. The summed E-state index contributed by atoms with van der Waals surface area (Å²) >= 11 is 0. The largest absolute Gasteiger partial charge is 0.326 e. The number of fused-ring (bicyclic) bond motifs is 1. The van der Waals surface area contributed by atoms with Gasteiger partial charge in [0.1, 0.15) is 0 Å². The van der Waals surface area contributed by atoms with Crippen molar-refractivity contribution in [2.75, 3.05) is 5.32 Å². The summed E-state index contributed by atoms with van der Waals surface area (Å²) in [6, 6.07) is 15.0. The van der Waals surface area contributed by atoms with E-state index in [9.17, 15) is 4.79 Å². The fraction of sp³-hybridized carbons (Fsp3) is 0.0588. The van der Waals surface area contributed by atoms with E-state index in [4.69, 9.17) is 5.73 Å². The topological polar surface area (TPSA) is 68.0 Å². The van der Waals surface area contributed by atoms with Gasteiger partial charge < -0.3 is 11.1 Å². The van der Waals surface area contributed by atoms with E-state index in [-0.39, 0.29) is 5.91 Å². The minimum atomic E-state index is -0.144. The molecule has 1 aromatic heterocycles. The maximum Gasteiger partial charge on any atom is 0.255 e. The normalized spacial score (nSPS) is 10.5. The second-order valence-electron chi connectivity index (χ2n) is 4.76. The molecular weight excluding hydrogens is 262 g/mol. The lowest BCUT2D eigenvalue weighted by molar-refractivity contribution is 0.102. The fourth-order valence-electron chi connectivity index (χ4n) is 2.27. The van der Waals surface area contributed by atoms with Crippen LogP contribution >= 0.6 is 0 Å². The summed E-state index contributed by atoms with van der Waals surface area (Å²) in [4.78, 5) is 16.4. The van der Waals surface area contributed by atoms with Crippen LogP contribution in [0.2, 0.25) is 0 Å². The third kappa shape index (κ3) is 2.75. The first-order chi connectivity index (χ1) is 10.3. The highest BCUT2D eigenvalue weighted by Crippen LogP contribution is 2.22. The number of carbonyl (C=O) groups is 1. The molecule has 0 fully saturated rings. The number of nitrogens with zero attached hydrogens (tertiary/aromatic N) is 1. The van der Waals surface area contributed by atoms with Crippen LogP contribution in [0.5, 0.6) is 0 Å². The van der Waals surface area contributed by atoms with Crippen LogP contribution in [0.4, 0.5) is 5.69 Å². The first-order valence-electron chi connectivity index (χ1n) is 6.71. The Bertz CT molecular complexity index is 793. The number of amides is 1. The standard InChI is InChI=1S/C17H15N3O/c18-10-12-3-1-4-13(9-12)17(21)20-16-6-2-5-14-11-19-8-7-15(14)16/h1-9,11H,10,18H2,(H,20,21). The van der Waals surface area contributed by atoms with Crippen LogP contribution in [-0.2, 0) is 6.54 Å². The molecule has 0 radical (unpaired) electrons. The lowest BCUT2D eigenvalue weighted by Gasteiger charge is -2.09. The van der Waals surface area contributed by atoms with Gasteiger partial charge in [-0.2, -0.15) is 0 Å². The molecule has 3 rings (SSSR count). The summed E-state index contributed by atoms with van der Waals surface area (Å²) in [5.41, 5.74) is 7.92. The zero-order valence-corrected chi connectivity index (χ0v) is 11.4. The van der Waals surface area contributed by atoms with Gasteiger partial charge in [-0.15, -0.1) is 0 Å². The molecule has 0 saturated heterocycles. The van der Waals surface area contributed by atoms with Gasteiger partial charge >= 0.3 is 0 Å². The van der Waals surface area contributed by atoms with Crippen LogP contribution in [0, 0.1) is 0 Å². The van der Waals surface area contributed by atoms with E-state index in [0.717, 1.165) is 22.0 Å². The Hall–Kier alpha value is -2.72. The smallest absolute Gasteiger partial charge is 0.255 e. The van der Waals surface area contributed by atoms with Gasteiger partial charge in [0.2, 0.25) is 0 Å². The lowest BCUT2D eigenvalue weighted by Crippen LogP contribution is -2.12. The van der Waals surface area contributed by atoms with Crippen molar-refractivity contribution in [3.63, 3.8) is 0 Å². The second-order valence-corrected chi connectivity index (χ2v) is 4.76. The number of carbonyl (C=O) groups excluding carboxylic acids is 1. The van der Waals surface area contributed by atoms with Crippen LogP contribution in [-0.4, -0.2) is 10.9 Å². The maximum atomic E-state index is 12.4. The maximum absolute atomic E-state index is 12.4. The van der Waals surface area contributed by atoms with Gasteiger partial charge in [0.15, 0.2) is 0 Å². The molecule has 21 heavy (non-hydrogen) atoms. The van der Waals surface area contributed by atoms with Gasteiger partial charge in [0.05, 0.1) is 0 Å². The van der Waals surface area contributed by atoms with Crippen molar-refractivity contribution in [3.8, 4) is 0 Å². The summed E-state index contributed by atoms with van der Waals surface area (Å²) < 4.78 is 0. The first kappa shape index (κ1) is 13.3. The molecule has 0 atom stereocenters. The Morgan fingerprint density at radius 2 is 2.00 bits per heavy atom. The Morgan fingerprint density at radius 3 is 2.86 bits per heavy atom. The molecule has 4 nitrogen and oxygen atoms in total. The highest BCUT2D eigenvalue weighted by molar-refractivity contribution is 6.09. The minimum Gasteiger partial charge on any atom is -0.326 e. The zero-order chi connectivity index (χ0) is 14.7. The molecule has 3 aromatic rings. The summed E-state index contributed by atoms with van der Waals surface area (Å²) in [6.45, 7) is 0.418. The average Bonchev–Trinajstić information content (AvgIpc) is 2.55. The molecule has 0 aliphatic rings. The van der Waals surface area contributed by atoms with E-state index in [2.05, 4.69) is 10.3 Å². The van der Waals surface area contributed by atoms with Crippen LogP contribution < -0.4 is 11.1 Å². The molecule has 2 aromatic carbocycles. The molecule has 0 saturated carbocycles. The molecule has 0 bridgehead atoms. The zero-order valence-electron chi connectivity index (χ0n) is 11.4. The monoisotopic (exact) mass is 277 g/mol. The van der Waals surface area contributed by atoms with Gasteiger partial charge in [-0.3, -0.25) is 9.78 Å². The molecule has 4 heteroatoms. The second kappa shape index (κ2) is 5.73. The number of aromatic nitrogens is 1. The molecule has 0 aliphatic heterocycles. The Morgan fingerprint density at radius 1 is 1.14 bits per heavy atom. The van der Waals surface area contributed by atoms with Gasteiger partial charge in [0, 0.05) is 41.0 Å². The number of nitrogens with two attached hydrogens (primary N) is 1. The Kier molecular flexibility index (Phi) is 3.62. The van der Waals surface area contributed by atoms with Crippen molar-refractivity contribution in [1.82, 2.24) is 4.98 Å². The fourth-order valence-corrected chi connectivity index (χ4v) is 2.27. The number of rotatable bonds is 3. The van der Waals surface area contributed by atoms with Crippen molar-refractivity contribution in [3.05, 3.63) is 72.1 Å². The van der Waals surface area contributed by atoms with Gasteiger partial charge in [-0.25, -0.2) is 0 Å². The molecule has 0 spiro atoms. The van der Waals surface area contributed by atoms with E-state index in [0.29, 0.717) is 12.1 Å². The van der Waals surface area contributed by atoms with Gasteiger partial charge in [-0.05, 0) is 29.8 Å². The number of benzene rings is 2. The Labute approximate surface area is 122 Å². The van der Waals surface area contributed by atoms with Crippen molar-refractivity contribution in [2.45, 2.75) is 6.54 Å². The van der Waals surface area contributed by atoms with Crippen LogP contribution in [0.3, 0.4) is 0 Å². The SMILES string of the molecule is NCc1cccc(C(=O)Nc2cccc3cnccc23)c1. The molecule has 0 unspecified atom stereocenters. The highest BCUT2D eigenvalue weighted by atomic mass is 16.1. The molecule has 1 heterocycles. The number of pyridine rings is 1. The van der Waals surface area contributed by atoms with Crippen molar-refractivity contribution in [1.29, 1.82) is 0 Å². The van der Waals surface area contributed by atoms with E-state index < -0.39 is 0 Å². The molecule has 104 valence electrons. The summed E-state index contributed by atoms with van der Waals surface area (Å²) in [7, 11) is 0. The van der Waals surface area contributed by atoms with Crippen LogP contribution in [0.25, 0.3) is 10.8 Å². The van der Waals surface area contributed by atoms with Crippen molar-refractivity contribution in [2.24, 2.45) is 5.73 Å².